The van der Waals surface area contributed by atoms with Crippen LogP contribution >= 0.6 is 11.3 Å². The number of hydrogen-bond donors (Lipinski definition) is 0. The number of aromatic nitrogens is 1. The van der Waals surface area contributed by atoms with Gasteiger partial charge in [0.25, 0.3) is 11.5 Å². The Balaban J connectivity index is 1.83. The molecule has 5 rings (SSSR count). The molecule has 1 aliphatic heterocycles. The minimum Gasteiger partial charge on any atom is -0.496 e. The Morgan fingerprint density at radius 2 is 1.78 bits per heavy atom. The van der Waals surface area contributed by atoms with Crippen LogP contribution in [-0.4, -0.2) is 42.2 Å². The first-order chi connectivity index (χ1) is 19.8. The molecule has 0 saturated carbocycles. The Bertz CT molecular complexity index is 1840. The zero-order chi connectivity index (χ0) is 29.3. The fraction of sp³-hybridized carbons (Fsp3) is 0.258. The Morgan fingerprint density at radius 1 is 1.07 bits per heavy atom. The molecule has 3 aromatic carbocycles. The Morgan fingerprint density at radius 3 is 2.49 bits per heavy atom. The molecule has 212 valence electrons. The number of carbonyl (C=O) groups excluding carboxylic acids is 1. The van der Waals surface area contributed by atoms with Crippen molar-refractivity contribution in [2.24, 2.45) is 4.99 Å². The third kappa shape index (κ3) is 5.15. The van der Waals surface area contributed by atoms with E-state index < -0.39 is 18.2 Å². The van der Waals surface area contributed by atoms with Crippen molar-refractivity contribution < 1.29 is 23.0 Å². The summed E-state index contributed by atoms with van der Waals surface area (Å²) in [5, 5.41) is 1.76. The number of hydrogen-bond acceptors (Lipinski definition) is 6. The molecule has 0 N–H and O–H groups in total. The number of halogens is 2. The average Bonchev–Trinajstić information content (AvgIpc) is 3.27. The van der Waals surface area contributed by atoms with Gasteiger partial charge in [0.05, 0.1) is 22.9 Å². The first kappa shape index (κ1) is 28.2. The van der Waals surface area contributed by atoms with Crippen molar-refractivity contribution in [3.8, 4) is 11.5 Å². The van der Waals surface area contributed by atoms with Crippen molar-refractivity contribution in [2.75, 3.05) is 20.2 Å². The number of ether oxygens (including phenoxy) is 2. The lowest BCUT2D eigenvalue weighted by molar-refractivity contribution is -0.127. The number of likely N-dealkylation sites (N-methyl/N-ethyl adjacent to an activating group) is 1. The molecule has 1 amide bonds. The number of allylic oxidation sites excluding steroid dienone is 1. The third-order valence-electron chi connectivity index (χ3n) is 7.15. The number of amides is 1. The van der Waals surface area contributed by atoms with Crippen LogP contribution in [0.25, 0.3) is 16.8 Å². The molecule has 0 radical (unpaired) electrons. The molecular weight excluding hydrogens is 548 g/mol. The van der Waals surface area contributed by atoms with Gasteiger partial charge in [-0.25, -0.2) is 4.99 Å². The Kier molecular flexibility index (Phi) is 8.03. The maximum Gasteiger partial charge on any atom is 0.387 e. The molecule has 1 atom stereocenters. The van der Waals surface area contributed by atoms with Crippen molar-refractivity contribution in [1.82, 2.24) is 9.47 Å². The van der Waals surface area contributed by atoms with E-state index in [-0.39, 0.29) is 16.2 Å². The molecule has 0 fully saturated rings. The highest BCUT2D eigenvalue weighted by Crippen LogP contribution is 2.40. The zero-order valence-corrected chi connectivity index (χ0v) is 23.9. The number of alkyl halides is 2. The van der Waals surface area contributed by atoms with Crippen LogP contribution in [0, 0.1) is 0 Å². The summed E-state index contributed by atoms with van der Waals surface area (Å²) in [6.07, 6.45) is 1.52. The maximum atomic E-state index is 14.2. The fourth-order valence-corrected chi connectivity index (χ4v) is 6.27. The minimum atomic E-state index is -3.01. The molecular formula is C31H29F2N3O4S. The second kappa shape index (κ2) is 11.7. The topological polar surface area (TPSA) is 73.1 Å². The molecule has 1 aliphatic rings. The predicted octanol–water partition coefficient (Wildman–Crippen LogP) is 4.87. The van der Waals surface area contributed by atoms with E-state index in [1.807, 2.05) is 50.2 Å². The lowest BCUT2D eigenvalue weighted by Crippen LogP contribution is -2.43. The van der Waals surface area contributed by atoms with E-state index >= 15 is 0 Å². The van der Waals surface area contributed by atoms with Gasteiger partial charge in [-0.2, -0.15) is 8.78 Å². The second-order valence-electron chi connectivity index (χ2n) is 9.38. The van der Waals surface area contributed by atoms with Crippen molar-refractivity contribution in [3.63, 3.8) is 0 Å². The van der Waals surface area contributed by atoms with Gasteiger partial charge < -0.3 is 14.4 Å². The lowest BCUT2D eigenvalue weighted by Gasteiger charge is -2.30. The number of para-hydroxylation sites is 1. The quantitative estimate of drug-likeness (QED) is 0.300. The molecule has 2 heterocycles. The normalized spacial score (nSPS) is 15.2. The molecule has 0 unspecified atom stereocenters. The summed E-state index contributed by atoms with van der Waals surface area (Å²) in [4.78, 5) is 35.0. The van der Waals surface area contributed by atoms with Gasteiger partial charge in [-0.1, -0.05) is 59.9 Å². The van der Waals surface area contributed by atoms with Crippen molar-refractivity contribution in [1.29, 1.82) is 0 Å². The van der Waals surface area contributed by atoms with Crippen LogP contribution in [0.1, 0.15) is 37.9 Å². The highest BCUT2D eigenvalue weighted by Gasteiger charge is 2.36. The van der Waals surface area contributed by atoms with E-state index in [0.29, 0.717) is 46.0 Å². The van der Waals surface area contributed by atoms with E-state index in [2.05, 4.69) is 4.74 Å². The fourth-order valence-electron chi connectivity index (χ4n) is 5.23. The van der Waals surface area contributed by atoms with Crippen LogP contribution in [-0.2, 0) is 4.79 Å². The molecule has 0 spiro atoms. The second-order valence-corrected chi connectivity index (χ2v) is 10.4. The first-order valence-electron chi connectivity index (χ1n) is 13.2. The maximum absolute atomic E-state index is 14.2. The van der Waals surface area contributed by atoms with E-state index in [1.165, 1.54) is 16.7 Å². The van der Waals surface area contributed by atoms with Gasteiger partial charge in [0.15, 0.2) is 4.80 Å². The molecule has 4 aromatic rings. The van der Waals surface area contributed by atoms with Crippen LogP contribution in [0.2, 0.25) is 0 Å². The van der Waals surface area contributed by atoms with Gasteiger partial charge in [-0.3, -0.25) is 14.2 Å². The smallest absolute Gasteiger partial charge is 0.387 e. The SMILES string of the molecule is CCN(CC)C(=O)C1=C(C)N=c2s/c(=C\c3ccccc3OC(F)F)c(=O)n2[C@@H]1c1c(OC)ccc2ccccc12. The molecule has 7 nitrogen and oxygen atoms in total. The van der Waals surface area contributed by atoms with Gasteiger partial charge >= 0.3 is 6.61 Å². The summed E-state index contributed by atoms with van der Waals surface area (Å²) in [6, 6.07) is 16.9. The van der Waals surface area contributed by atoms with E-state index in [0.717, 1.165) is 22.1 Å². The minimum absolute atomic E-state index is 0.0470. The molecule has 0 bridgehead atoms. The average molecular weight is 578 g/mol. The van der Waals surface area contributed by atoms with E-state index in [9.17, 15) is 18.4 Å². The summed E-state index contributed by atoms with van der Waals surface area (Å²) in [5.41, 5.74) is 1.47. The summed E-state index contributed by atoms with van der Waals surface area (Å²) >= 11 is 1.12. The molecule has 41 heavy (non-hydrogen) atoms. The highest BCUT2D eigenvalue weighted by molar-refractivity contribution is 7.07. The monoisotopic (exact) mass is 577 g/mol. The number of thiazole rings is 1. The molecule has 10 heteroatoms. The van der Waals surface area contributed by atoms with Gasteiger partial charge in [0, 0.05) is 24.2 Å². The number of methoxy groups -OCH3 is 1. The van der Waals surface area contributed by atoms with Crippen LogP contribution < -0.4 is 24.4 Å². The Labute approximate surface area is 239 Å². The van der Waals surface area contributed by atoms with Crippen LogP contribution in [0.4, 0.5) is 8.78 Å². The first-order valence-corrected chi connectivity index (χ1v) is 14.0. The predicted molar refractivity (Wildman–Crippen MR) is 155 cm³/mol. The number of benzene rings is 3. The summed E-state index contributed by atoms with van der Waals surface area (Å²) in [7, 11) is 1.56. The molecule has 1 aromatic heterocycles. The van der Waals surface area contributed by atoms with Crippen molar-refractivity contribution in [2.45, 2.75) is 33.4 Å². The number of rotatable bonds is 8. The Hall–Kier alpha value is -4.31. The van der Waals surface area contributed by atoms with Gasteiger partial charge in [-0.05, 0) is 49.8 Å². The van der Waals surface area contributed by atoms with E-state index in [4.69, 9.17) is 9.73 Å². The number of fused-ring (bicyclic) bond motifs is 2. The number of carbonyl (C=O) groups is 1. The standard InChI is InChI=1S/C31H29F2N3O4S/c1-5-35(6-2)29(38)25-18(3)34-31-36(27(25)26-21-13-9-7-11-19(21)15-16-23(26)39-4)28(37)24(41-31)17-20-12-8-10-14-22(20)40-30(32)33/h7-17,27,30H,5-6H2,1-4H3/b24-17-/t27-/m0/s1. The van der Waals surface area contributed by atoms with Crippen LogP contribution in [0.15, 0.2) is 81.7 Å². The summed E-state index contributed by atoms with van der Waals surface area (Å²) in [5.74, 6) is 0.258. The zero-order valence-electron chi connectivity index (χ0n) is 23.1. The third-order valence-corrected chi connectivity index (χ3v) is 8.13. The van der Waals surface area contributed by atoms with Gasteiger partial charge in [0.2, 0.25) is 0 Å². The number of nitrogens with zero attached hydrogens (tertiary/aromatic N) is 3. The molecule has 0 aliphatic carbocycles. The lowest BCUT2D eigenvalue weighted by atomic mass is 9.90. The molecule has 0 saturated heterocycles. The van der Waals surface area contributed by atoms with Gasteiger partial charge in [-0.15, -0.1) is 0 Å². The summed E-state index contributed by atoms with van der Waals surface area (Å²) < 4.78 is 38.4. The van der Waals surface area contributed by atoms with Gasteiger partial charge in [0.1, 0.15) is 17.5 Å². The van der Waals surface area contributed by atoms with E-state index in [1.54, 1.807) is 37.1 Å². The van der Waals surface area contributed by atoms with Crippen molar-refractivity contribution >= 4 is 34.1 Å². The largest absolute Gasteiger partial charge is 0.496 e. The van der Waals surface area contributed by atoms with Crippen LogP contribution in [0.5, 0.6) is 11.5 Å². The van der Waals surface area contributed by atoms with Crippen LogP contribution in [0.3, 0.4) is 0 Å². The van der Waals surface area contributed by atoms with Crippen molar-refractivity contribution in [3.05, 3.63) is 103 Å². The summed E-state index contributed by atoms with van der Waals surface area (Å²) in [6.45, 7) is 3.52. The highest BCUT2D eigenvalue weighted by atomic mass is 32.1.